The van der Waals surface area contributed by atoms with Crippen molar-refractivity contribution in [2.75, 3.05) is 12.4 Å². The van der Waals surface area contributed by atoms with Gasteiger partial charge in [-0.2, -0.15) is 0 Å². The largest absolute Gasteiger partial charge is 0.483 e. The molecule has 6 nitrogen and oxygen atoms in total. The molecular weight excluding hydrogens is 346 g/mol. The molecule has 1 amide bonds. The van der Waals surface area contributed by atoms with Crippen LogP contribution in [-0.2, 0) is 9.53 Å². The van der Waals surface area contributed by atoms with Crippen molar-refractivity contribution in [3.8, 4) is 5.75 Å². The maximum Gasteiger partial charge on any atom is 0.337 e. The molecule has 0 heterocycles. The second kappa shape index (κ2) is 8.98. The third-order valence-corrected chi connectivity index (χ3v) is 3.92. The fraction of sp³-hybridized carbons (Fsp3) is 0.286. The highest BCUT2D eigenvalue weighted by molar-refractivity contribution is 6.00. The summed E-state index contributed by atoms with van der Waals surface area (Å²) in [5, 5.41) is 2.78. The zero-order chi connectivity index (χ0) is 20.0. The van der Waals surface area contributed by atoms with Crippen LogP contribution in [0.2, 0.25) is 0 Å². The van der Waals surface area contributed by atoms with E-state index in [0.29, 0.717) is 22.6 Å². The van der Waals surface area contributed by atoms with Crippen molar-refractivity contribution in [1.82, 2.24) is 0 Å². The first kappa shape index (κ1) is 20.2. The van der Waals surface area contributed by atoms with Gasteiger partial charge in [0.1, 0.15) is 5.75 Å². The molecule has 2 aromatic rings. The molecule has 27 heavy (non-hydrogen) atoms. The number of Topliss-reactive ketones (excluding diaryl/α,β-unsaturated/α-hetero) is 1. The molecule has 2 aromatic carbocycles. The Balaban J connectivity index is 2.00. The van der Waals surface area contributed by atoms with Crippen molar-refractivity contribution in [2.24, 2.45) is 5.92 Å². The summed E-state index contributed by atoms with van der Waals surface area (Å²) < 4.78 is 10.3. The molecule has 6 heteroatoms. The zero-order valence-corrected chi connectivity index (χ0v) is 15.8. The summed E-state index contributed by atoms with van der Waals surface area (Å²) in [6.07, 6.45) is -0.704. The maximum absolute atomic E-state index is 12.5. The number of anilines is 1. The lowest BCUT2D eigenvalue weighted by atomic mass is 10.1. The van der Waals surface area contributed by atoms with E-state index in [2.05, 4.69) is 10.1 Å². The van der Waals surface area contributed by atoms with E-state index in [4.69, 9.17) is 4.74 Å². The number of ketones is 1. The van der Waals surface area contributed by atoms with Gasteiger partial charge < -0.3 is 14.8 Å². The number of carbonyl (C=O) groups is 3. The molecule has 0 saturated heterocycles. The first-order valence-corrected chi connectivity index (χ1v) is 8.62. The van der Waals surface area contributed by atoms with E-state index < -0.39 is 12.1 Å². The van der Waals surface area contributed by atoms with Gasteiger partial charge in [-0.15, -0.1) is 0 Å². The predicted molar refractivity (Wildman–Crippen MR) is 102 cm³/mol. The number of rotatable bonds is 7. The molecule has 0 aliphatic carbocycles. The second-order valence-corrected chi connectivity index (χ2v) is 6.36. The van der Waals surface area contributed by atoms with Crippen molar-refractivity contribution in [3.05, 3.63) is 59.7 Å². The fourth-order valence-electron chi connectivity index (χ4n) is 2.28. The van der Waals surface area contributed by atoms with Gasteiger partial charge in [-0.05, 0) is 55.5 Å². The van der Waals surface area contributed by atoms with Crippen LogP contribution in [0.5, 0.6) is 5.75 Å². The first-order valence-electron chi connectivity index (χ1n) is 8.62. The standard InChI is InChI=1S/C21H23NO5/c1-13(2)20(24)22-17-9-5-15(6-10-17)19(23)14(3)27-18-11-7-16(8-12-18)21(25)26-4/h5-14H,1-4H3,(H,22,24). The summed E-state index contributed by atoms with van der Waals surface area (Å²) in [5.41, 5.74) is 1.52. The SMILES string of the molecule is COC(=O)c1ccc(OC(C)C(=O)c2ccc(NC(=O)C(C)C)cc2)cc1. The van der Waals surface area contributed by atoms with Gasteiger partial charge in [0.05, 0.1) is 12.7 Å². The molecule has 0 fully saturated rings. The van der Waals surface area contributed by atoms with Gasteiger partial charge in [0.15, 0.2) is 6.10 Å². The molecule has 0 aliphatic rings. The van der Waals surface area contributed by atoms with E-state index in [-0.39, 0.29) is 17.6 Å². The highest BCUT2D eigenvalue weighted by Crippen LogP contribution is 2.18. The number of amides is 1. The van der Waals surface area contributed by atoms with Gasteiger partial charge >= 0.3 is 5.97 Å². The number of methoxy groups -OCH3 is 1. The number of esters is 1. The van der Waals surface area contributed by atoms with Crippen molar-refractivity contribution in [2.45, 2.75) is 26.9 Å². The van der Waals surface area contributed by atoms with E-state index >= 15 is 0 Å². The first-order chi connectivity index (χ1) is 12.8. The van der Waals surface area contributed by atoms with Crippen LogP contribution in [0, 0.1) is 5.92 Å². The lowest BCUT2D eigenvalue weighted by Gasteiger charge is -2.14. The minimum Gasteiger partial charge on any atom is -0.483 e. The number of carbonyl (C=O) groups excluding carboxylic acids is 3. The smallest absolute Gasteiger partial charge is 0.337 e. The average molecular weight is 369 g/mol. The molecule has 0 radical (unpaired) electrons. The molecule has 2 rings (SSSR count). The lowest BCUT2D eigenvalue weighted by molar-refractivity contribution is -0.118. The summed E-state index contributed by atoms with van der Waals surface area (Å²) in [6, 6.07) is 13.0. The maximum atomic E-state index is 12.5. The van der Waals surface area contributed by atoms with Crippen LogP contribution in [0.3, 0.4) is 0 Å². The van der Waals surface area contributed by atoms with Crippen molar-refractivity contribution >= 4 is 23.3 Å². The number of benzene rings is 2. The fourth-order valence-corrected chi connectivity index (χ4v) is 2.28. The minimum atomic E-state index is -0.704. The van der Waals surface area contributed by atoms with Gasteiger partial charge in [-0.25, -0.2) is 4.79 Å². The van der Waals surface area contributed by atoms with Crippen LogP contribution >= 0.6 is 0 Å². The Morgan fingerprint density at radius 1 is 0.852 bits per heavy atom. The summed E-state index contributed by atoms with van der Waals surface area (Å²) in [7, 11) is 1.31. The summed E-state index contributed by atoms with van der Waals surface area (Å²) in [5.74, 6) is -0.347. The van der Waals surface area contributed by atoms with Crippen molar-refractivity contribution in [3.63, 3.8) is 0 Å². The van der Waals surface area contributed by atoms with Crippen LogP contribution in [0.25, 0.3) is 0 Å². The lowest BCUT2D eigenvalue weighted by Crippen LogP contribution is -2.24. The van der Waals surface area contributed by atoms with Gasteiger partial charge in [0.2, 0.25) is 11.7 Å². The minimum absolute atomic E-state index is 0.0822. The van der Waals surface area contributed by atoms with Crippen molar-refractivity contribution in [1.29, 1.82) is 0 Å². The van der Waals surface area contributed by atoms with Gasteiger partial charge in [0, 0.05) is 17.2 Å². The van der Waals surface area contributed by atoms with E-state index in [1.807, 2.05) is 13.8 Å². The van der Waals surface area contributed by atoms with Crippen LogP contribution in [-0.4, -0.2) is 30.9 Å². The summed E-state index contributed by atoms with van der Waals surface area (Å²) in [6.45, 7) is 5.28. The third-order valence-electron chi connectivity index (χ3n) is 3.92. The molecule has 142 valence electrons. The highest BCUT2D eigenvalue weighted by Gasteiger charge is 2.17. The van der Waals surface area contributed by atoms with Gasteiger partial charge in [-0.3, -0.25) is 9.59 Å². The normalized spacial score (nSPS) is 11.6. The Hall–Kier alpha value is -3.15. The average Bonchev–Trinajstić information content (AvgIpc) is 2.67. The van der Waals surface area contributed by atoms with Crippen LogP contribution in [0.1, 0.15) is 41.5 Å². The molecule has 0 aliphatic heterocycles. The van der Waals surface area contributed by atoms with Crippen LogP contribution in [0.15, 0.2) is 48.5 Å². The molecule has 0 spiro atoms. The number of nitrogens with one attached hydrogen (secondary N) is 1. The van der Waals surface area contributed by atoms with Crippen LogP contribution in [0.4, 0.5) is 5.69 Å². The van der Waals surface area contributed by atoms with Crippen LogP contribution < -0.4 is 10.1 Å². The van der Waals surface area contributed by atoms with E-state index in [9.17, 15) is 14.4 Å². The third kappa shape index (κ3) is 5.41. The van der Waals surface area contributed by atoms with Gasteiger partial charge in [0.25, 0.3) is 0 Å². The Morgan fingerprint density at radius 3 is 1.93 bits per heavy atom. The molecule has 0 saturated carbocycles. The molecule has 1 unspecified atom stereocenters. The summed E-state index contributed by atoms with van der Waals surface area (Å²) in [4.78, 5) is 35.7. The summed E-state index contributed by atoms with van der Waals surface area (Å²) >= 11 is 0. The Labute approximate surface area is 158 Å². The second-order valence-electron chi connectivity index (χ2n) is 6.36. The zero-order valence-electron chi connectivity index (χ0n) is 15.8. The Kier molecular flexibility index (Phi) is 6.71. The van der Waals surface area contributed by atoms with E-state index in [1.54, 1.807) is 55.5 Å². The highest BCUT2D eigenvalue weighted by atomic mass is 16.5. The molecule has 0 bridgehead atoms. The quantitative estimate of drug-likeness (QED) is 0.594. The van der Waals surface area contributed by atoms with E-state index in [0.717, 1.165) is 0 Å². The Bertz CT molecular complexity index is 809. The van der Waals surface area contributed by atoms with E-state index in [1.165, 1.54) is 7.11 Å². The Morgan fingerprint density at radius 2 is 1.41 bits per heavy atom. The molecule has 1 atom stereocenters. The number of hydrogen-bond acceptors (Lipinski definition) is 5. The monoisotopic (exact) mass is 369 g/mol. The molecule has 0 aromatic heterocycles. The van der Waals surface area contributed by atoms with Crippen molar-refractivity contribution < 1.29 is 23.9 Å². The van der Waals surface area contributed by atoms with Gasteiger partial charge in [-0.1, -0.05) is 13.8 Å². The molecule has 1 N–H and O–H groups in total. The number of ether oxygens (including phenoxy) is 2. The topological polar surface area (TPSA) is 81.7 Å². The number of hydrogen-bond donors (Lipinski definition) is 1. The predicted octanol–water partition coefficient (Wildman–Crippen LogP) is 3.72. The molecular formula is C21H23NO5.